The molecule has 28 heavy (non-hydrogen) atoms. The molecule has 1 N–H and O–H groups in total. The molecule has 2 fully saturated rings. The molecule has 1 aromatic heterocycles. The van der Waals surface area contributed by atoms with E-state index in [0.29, 0.717) is 0 Å². The summed E-state index contributed by atoms with van der Waals surface area (Å²) in [5.74, 6) is 2.76. The zero-order chi connectivity index (χ0) is 19.2. The Hall–Kier alpha value is -2.38. The number of nitrogens with zero attached hydrogens (tertiary/aromatic N) is 5. The first-order chi connectivity index (χ1) is 13.8. The van der Waals surface area contributed by atoms with E-state index in [1.807, 2.05) is 6.92 Å². The van der Waals surface area contributed by atoms with Crippen molar-refractivity contribution in [2.24, 2.45) is 0 Å². The number of ether oxygens (including phenoxy) is 1. The van der Waals surface area contributed by atoms with E-state index in [1.165, 1.54) is 5.69 Å². The number of hydrogen-bond donors (Lipinski definition) is 1. The first-order valence-electron chi connectivity index (χ1n) is 10.2. The second-order valence-corrected chi connectivity index (χ2v) is 7.35. The number of aromatic nitrogens is 2. The predicted molar refractivity (Wildman–Crippen MR) is 113 cm³/mol. The zero-order valence-corrected chi connectivity index (χ0v) is 16.7. The second kappa shape index (κ2) is 9.21. The molecule has 7 heteroatoms. The quantitative estimate of drug-likeness (QED) is 0.818. The third kappa shape index (κ3) is 4.91. The van der Waals surface area contributed by atoms with Crippen molar-refractivity contribution >= 4 is 17.3 Å². The van der Waals surface area contributed by atoms with E-state index in [4.69, 9.17) is 4.74 Å². The van der Waals surface area contributed by atoms with Crippen LogP contribution in [-0.2, 0) is 4.74 Å². The van der Waals surface area contributed by atoms with E-state index >= 15 is 0 Å². The standard InChI is InChI=1S/C21H30N6O/c1-18-23-20(22-7-8-25-13-15-28-16-14-25)17-21(24-18)27-11-9-26(10-12-27)19-5-3-2-4-6-19/h2-6,17H,7-16H2,1H3,(H,22,23,24). The van der Waals surface area contributed by atoms with Crippen LogP contribution < -0.4 is 15.1 Å². The minimum atomic E-state index is 0.817. The molecule has 150 valence electrons. The smallest absolute Gasteiger partial charge is 0.134 e. The summed E-state index contributed by atoms with van der Waals surface area (Å²) in [6, 6.07) is 12.7. The fourth-order valence-corrected chi connectivity index (χ4v) is 3.80. The van der Waals surface area contributed by atoms with E-state index in [2.05, 4.69) is 66.4 Å². The average Bonchev–Trinajstić information content (AvgIpc) is 2.75. The summed E-state index contributed by atoms with van der Waals surface area (Å²) in [4.78, 5) is 16.5. The second-order valence-electron chi connectivity index (χ2n) is 7.35. The van der Waals surface area contributed by atoms with Crippen LogP contribution in [-0.4, -0.2) is 80.4 Å². The number of benzene rings is 1. The summed E-state index contributed by atoms with van der Waals surface area (Å²) in [6.07, 6.45) is 0. The Morgan fingerprint density at radius 2 is 1.64 bits per heavy atom. The van der Waals surface area contributed by atoms with Crippen molar-refractivity contribution in [3.05, 3.63) is 42.2 Å². The van der Waals surface area contributed by atoms with Crippen LogP contribution in [0, 0.1) is 6.92 Å². The fraction of sp³-hybridized carbons (Fsp3) is 0.524. The lowest BCUT2D eigenvalue weighted by Gasteiger charge is -2.36. The molecular formula is C21H30N6O. The van der Waals surface area contributed by atoms with Gasteiger partial charge in [0.15, 0.2) is 0 Å². The number of aryl methyl sites for hydroxylation is 1. The van der Waals surface area contributed by atoms with E-state index in [1.54, 1.807) is 0 Å². The maximum Gasteiger partial charge on any atom is 0.134 e. The van der Waals surface area contributed by atoms with Gasteiger partial charge in [0, 0.05) is 64.1 Å². The van der Waals surface area contributed by atoms with Gasteiger partial charge in [-0.1, -0.05) is 18.2 Å². The molecule has 0 radical (unpaired) electrons. The Kier molecular flexibility index (Phi) is 6.24. The van der Waals surface area contributed by atoms with Crippen LogP contribution in [0.15, 0.2) is 36.4 Å². The highest BCUT2D eigenvalue weighted by atomic mass is 16.5. The van der Waals surface area contributed by atoms with Gasteiger partial charge in [-0.05, 0) is 19.1 Å². The maximum atomic E-state index is 5.41. The van der Waals surface area contributed by atoms with Gasteiger partial charge in [-0.15, -0.1) is 0 Å². The maximum absolute atomic E-state index is 5.41. The molecule has 2 aromatic rings. The predicted octanol–water partition coefficient (Wildman–Crippen LogP) is 1.86. The van der Waals surface area contributed by atoms with E-state index < -0.39 is 0 Å². The third-order valence-electron chi connectivity index (χ3n) is 5.39. The highest BCUT2D eigenvalue weighted by Crippen LogP contribution is 2.21. The molecule has 2 aliphatic rings. The summed E-state index contributed by atoms with van der Waals surface area (Å²) in [6.45, 7) is 11.5. The Morgan fingerprint density at radius 1 is 0.929 bits per heavy atom. The highest BCUT2D eigenvalue weighted by Gasteiger charge is 2.19. The first-order valence-corrected chi connectivity index (χ1v) is 10.2. The van der Waals surface area contributed by atoms with Gasteiger partial charge >= 0.3 is 0 Å². The topological polar surface area (TPSA) is 56.8 Å². The fourth-order valence-electron chi connectivity index (χ4n) is 3.80. The minimum Gasteiger partial charge on any atom is -0.379 e. The number of para-hydroxylation sites is 1. The SMILES string of the molecule is Cc1nc(NCCN2CCOCC2)cc(N2CCN(c3ccccc3)CC2)n1. The summed E-state index contributed by atoms with van der Waals surface area (Å²) in [5.41, 5.74) is 1.30. The Bertz CT molecular complexity index is 742. The minimum absolute atomic E-state index is 0.817. The normalized spacial score (nSPS) is 18.3. The lowest BCUT2D eigenvalue weighted by molar-refractivity contribution is 0.0398. The molecular weight excluding hydrogens is 352 g/mol. The number of rotatable bonds is 6. The Balaban J connectivity index is 1.32. The van der Waals surface area contributed by atoms with Crippen LogP contribution in [0.5, 0.6) is 0 Å². The summed E-state index contributed by atoms with van der Waals surface area (Å²) in [7, 11) is 0. The number of piperazine rings is 1. The largest absolute Gasteiger partial charge is 0.379 e. The van der Waals surface area contributed by atoms with Crippen LogP contribution in [0.4, 0.5) is 17.3 Å². The number of anilines is 3. The molecule has 0 bridgehead atoms. The molecule has 7 nitrogen and oxygen atoms in total. The molecule has 2 aliphatic heterocycles. The van der Waals surface area contributed by atoms with Crippen molar-refractivity contribution < 1.29 is 4.74 Å². The number of nitrogens with one attached hydrogen (secondary N) is 1. The Morgan fingerprint density at radius 3 is 2.39 bits per heavy atom. The van der Waals surface area contributed by atoms with Gasteiger partial charge in [0.2, 0.25) is 0 Å². The molecule has 0 spiro atoms. The monoisotopic (exact) mass is 382 g/mol. The molecule has 3 heterocycles. The lowest BCUT2D eigenvalue weighted by atomic mass is 10.2. The molecule has 0 saturated carbocycles. The van der Waals surface area contributed by atoms with Crippen LogP contribution in [0.3, 0.4) is 0 Å². The van der Waals surface area contributed by atoms with Crippen LogP contribution in [0.2, 0.25) is 0 Å². The highest BCUT2D eigenvalue weighted by molar-refractivity contribution is 5.52. The van der Waals surface area contributed by atoms with Crippen molar-refractivity contribution in [2.75, 3.05) is 80.7 Å². The van der Waals surface area contributed by atoms with Gasteiger partial charge in [0.25, 0.3) is 0 Å². The van der Waals surface area contributed by atoms with Gasteiger partial charge in [-0.25, -0.2) is 9.97 Å². The molecule has 4 rings (SSSR count). The van der Waals surface area contributed by atoms with Gasteiger partial charge in [0.1, 0.15) is 17.5 Å². The van der Waals surface area contributed by atoms with Crippen molar-refractivity contribution in [3.8, 4) is 0 Å². The van der Waals surface area contributed by atoms with Gasteiger partial charge in [-0.3, -0.25) is 4.90 Å². The Labute approximate surface area is 167 Å². The molecule has 2 saturated heterocycles. The first kappa shape index (κ1) is 19.0. The van der Waals surface area contributed by atoms with E-state index in [0.717, 1.165) is 83.0 Å². The molecule has 1 aromatic carbocycles. The van der Waals surface area contributed by atoms with Crippen molar-refractivity contribution in [1.29, 1.82) is 0 Å². The van der Waals surface area contributed by atoms with Gasteiger partial charge in [0.05, 0.1) is 13.2 Å². The molecule has 0 amide bonds. The summed E-state index contributed by atoms with van der Waals surface area (Å²) < 4.78 is 5.41. The van der Waals surface area contributed by atoms with Crippen LogP contribution >= 0.6 is 0 Å². The van der Waals surface area contributed by atoms with E-state index in [9.17, 15) is 0 Å². The third-order valence-corrected chi connectivity index (χ3v) is 5.39. The molecule has 0 aliphatic carbocycles. The van der Waals surface area contributed by atoms with Crippen LogP contribution in [0.25, 0.3) is 0 Å². The van der Waals surface area contributed by atoms with Crippen LogP contribution in [0.1, 0.15) is 5.82 Å². The summed E-state index contributed by atoms with van der Waals surface area (Å²) >= 11 is 0. The van der Waals surface area contributed by atoms with Gasteiger partial charge in [-0.2, -0.15) is 0 Å². The molecule has 0 atom stereocenters. The van der Waals surface area contributed by atoms with E-state index in [-0.39, 0.29) is 0 Å². The van der Waals surface area contributed by atoms with Gasteiger partial charge < -0.3 is 19.9 Å². The number of morpholine rings is 1. The van der Waals surface area contributed by atoms with Crippen molar-refractivity contribution in [3.63, 3.8) is 0 Å². The zero-order valence-electron chi connectivity index (χ0n) is 16.7. The van der Waals surface area contributed by atoms with Crippen molar-refractivity contribution in [2.45, 2.75) is 6.92 Å². The summed E-state index contributed by atoms with van der Waals surface area (Å²) in [5, 5.41) is 3.48. The van der Waals surface area contributed by atoms with Crippen molar-refractivity contribution in [1.82, 2.24) is 14.9 Å². The average molecular weight is 383 g/mol. The number of hydrogen-bond acceptors (Lipinski definition) is 7. The lowest BCUT2D eigenvalue weighted by Crippen LogP contribution is -2.46. The molecule has 0 unspecified atom stereocenters.